The van der Waals surface area contributed by atoms with Crippen molar-refractivity contribution in [3.8, 4) is 0 Å². The maximum atomic E-state index is 13.4. The molecule has 0 aliphatic carbocycles. The molecule has 16 heavy (non-hydrogen) atoms. The molecule has 1 nitrogen and oxygen atoms in total. The highest BCUT2D eigenvalue weighted by Gasteiger charge is 2.39. The van der Waals surface area contributed by atoms with E-state index in [0.29, 0.717) is 6.42 Å². The van der Waals surface area contributed by atoms with Gasteiger partial charge >= 0.3 is 0 Å². The molecule has 1 N–H and O–H groups in total. The first-order chi connectivity index (χ1) is 7.51. The molecule has 1 aliphatic heterocycles. The van der Waals surface area contributed by atoms with Gasteiger partial charge in [-0.2, -0.15) is 11.8 Å². The molecule has 1 aromatic rings. The number of hydrogen-bond donors (Lipinski definition) is 1. The number of rotatable bonds is 2. The van der Waals surface area contributed by atoms with Crippen LogP contribution in [0, 0.1) is 11.6 Å². The molecule has 88 valence electrons. The fraction of sp³-hybridized carbons (Fsp3) is 0.500. The number of thioether (sulfide) groups is 1. The van der Waals surface area contributed by atoms with Crippen LogP contribution in [-0.4, -0.2) is 21.7 Å². The second kappa shape index (κ2) is 4.34. The summed E-state index contributed by atoms with van der Waals surface area (Å²) >= 11 is 1.67. The van der Waals surface area contributed by atoms with E-state index >= 15 is 0 Å². The average Bonchev–Trinajstić information content (AvgIpc) is 2.53. The van der Waals surface area contributed by atoms with Gasteiger partial charge in [0, 0.05) is 11.7 Å². The van der Waals surface area contributed by atoms with E-state index in [2.05, 4.69) is 0 Å². The third-order valence-corrected chi connectivity index (χ3v) is 4.54. The van der Waals surface area contributed by atoms with Gasteiger partial charge in [0.2, 0.25) is 0 Å². The number of halogens is 2. The summed E-state index contributed by atoms with van der Waals surface area (Å²) in [6.07, 6.45) is 0.819. The molecule has 0 amide bonds. The second-order valence-corrected chi connectivity index (χ2v) is 5.73. The molecular formula is C12H14F2OS. The SMILES string of the molecule is CC1SCCC1(O)Cc1cc(F)ccc1F. The summed E-state index contributed by atoms with van der Waals surface area (Å²) in [5, 5.41) is 10.4. The van der Waals surface area contributed by atoms with E-state index in [-0.39, 0.29) is 17.2 Å². The molecule has 0 aromatic heterocycles. The molecule has 2 atom stereocenters. The van der Waals surface area contributed by atoms with E-state index in [1.807, 2.05) is 6.92 Å². The lowest BCUT2D eigenvalue weighted by atomic mass is 9.89. The predicted molar refractivity (Wildman–Crippen MR) is 61.5 cm³/mol. The third-order valence-electron chi connectivity index (χ3n) is 3.16. The van der Waals surface area contributed by atoms with Gasteiger partial charge in [0.25, 0.3) is 0 Å². The van der Waals surface area contributed by atoms with Crippen LogP contribution in [0.25, 0.3) is 0 Å². The number of aliphatic hydroxyl groups is 1. The smallest absolute Gasteiger partial charge is 0.126 e. The minimum atomic E-state index is -0.903. The maximum Gasteiger partial charge on any atom is 0.126 e. The first-order valence-corrected chi connectivity index (χ1v) is 6.34. The standard InChI is InChI=1S/C12H14F2OS/c1-8-12(15,4-5-16-8)7-9-6-10(13)2-3-11(9)14/h2-3,6,8,15H,4-5,7H2,1H3. The molecule has 1 fully saturated rings. The molecule has 0 bridgehead atoms. The molecule has 0 radical (unpaired) electrons. The van der Waals surface area contributed by atoms with E-state index in [1.54, 1.807) is 11.8 Å². The Hall–Kier alpha value is -0.610. The number of benzene rings is 1. The topological polar surface area (TPSA) is 20.2 Å². The van der Waals surface area contributed by atoms with Crippen LogP contribution < -0.4 is 0 Å². The Balaban J connectivity index is 2.23. The van der Waals surface area contributed by atoms with Crippen molar-refractivity contribution in [2.24, 2.45) is 0 Å². The van der Waals surface area contributed by atoms with Crippen molar-refractivity contribution < 1.29 is 13.9 Å². The van der Waals surface area contributed by atoms with Gasteiger partial charge < -0.3 is 5.11 Å². The molecule has 2 unspecified atom stereocenters. The number of hydrogen-bond acceptors (Lipinski definition) is 2. The van der Waals surface area contributed by atoms with Crippen molar-refractivity contribution in [1.29, 1.82) is 0 Å². The van der Waals surface area contributed by atoms with Crippen molar-refractivity contribution in [3.05, 3.63) is 35.4 Å². The Morgan fingerprint density at radius 1 is 1.50 bits per heavy atom. The highest BCUT2D eigenvalue weighted by atomic mass is 32.2. The van der Waals surface area contributed by atoms with Gasteiger partial charge in [-0.15, -0.1) is 0 Å². The molecule has 1 aliphatic rings. The fourth-order valence-corrected chi connectivity index (χ4v) is 3.35. The van der Waals surface area contributed by atoms with Crippen molar-refractivity contribution in [1.82, 2.24) is 0 Å². The molecule has 0 saturated carbocycles. The molecule has 4 heteroatoms. The first-order valence-electron chi connectivity index (χ1n) is 5.29. The molecule has 1 heterocycles. The lowest BCUT2D eigenvalue weighted by Crippen LogP contribution is -2.37. The third kappa shape index (κ3) is 2.23. The van der Waals surface area contributed by atoms with E-state index in [1.165, 1.54) is 6.07 Å². The Morgan fingerprint density at radius 3 is 2.88 bits per heavy atom. The Kier molecular flexibility index (Phi) is 3.22. The zero-order valence-corrected chi connectivity index (χ0v) is 9.86. The van der Waals surface area contributed by atoms with Crippen LogP contribution in [-0.2, 0) is 6.42 Å². The van der Waals surface area contributed by atoms with Gasteiger partial charge in [0.15, 0.2) is 0 Å². The maximum absolute atomic E-state index is 13.4. The fourth-order valence-electron chi connectivity index (χ4n) is 2.01. The van der Waals surface area contributed by atoms with Gasteiger partial charge in [-0.1, -0.05) is 6.92 Å². The van der Waals surface area contributed by atoms with Crippen LogP contribution in [0.4, 0.5) is 8.78 Å². The summed E-state index contributed by atoms with van der Waals surface area (Å²) in [5.41, 5.74) is -0.642. The molecule has 1 saturated heterocycles. The average molecular weight is 244 g/mol. The summed E-state index contributed by atoms with van der Waals surface area (Å²) in [5.74, 6) is -0.0357. The summed E-state index contributed by atoms with van der Waals surface area (Å²) in [7, 11) is 0. The first kappa shape index (κ1) is 11.9. The Labute approximate surface area is 97.9 Å². The largest absolute Gasteiger partial charge is 0.388 e. The normalized spacial score (nSPS) is 29.6. The van der Waals surface area contributed by atoms with Crippen LogP contribution >= 0.6 is 11.8 Å². The molecular weight excluding hydrogens is 230 g/mol. The van der Waals surface area contributed by atoms with Crippen LogP contribution in [0.2, 0.25) is 0 Å². The van der Waals surface area contributed by atoms with Crippen molar-refractivity contribution in [2.45, 2.75) is 30.6 Å². The highest BCUT2D eigenvalue weighted by molar-refractivity contribution is 8.00. The van der Waals surface area contributed by atoms with E-state index in [0.717, 1.165) is 17.9 Å². The van der Waals surface area contributed by atoms with Crippen LogP contribution in [0.5, 0.6) is 0 Å². The zero-order valence-electron chi connectivity index (χ0n) is 9.04. The zero-order chi connectivity index (χ0) is 11.8. The molecule has 1 aromatic carbocycles. The summed E-state index contributed by atoms with van der Waals surface area (Å²) < 4.78 is 26.4. The van der Waals surface area contributed by atoms with Crippen LogP contribution in [0.3, 0.4) is 0 Å². The van der Waals surface area contributed by atoms with Gasteiger partial charge in [0.05, 0.1) is 5.60 Å². The highest BCUT2D eigenvalue weighted by Crippen LogP contribution is 2.38. The minimum absolute atomic E-state index is 0.0650. The van der Waals surface area contributed by atoms with Gasteiger partial charge in [0.1, 0.15) is 11.6 Å². The van der Waals surface area contributed by atoms with Crippen molar-refractivity contribution >= 4 is 11.8 Å². The second-order valence-electron chi connectivity index (χ2n) is 4.28. The lowest BCUT2D eigenvalue weighted by molar-refractivity contribution is 0.0455. The monoisotopic (exact) mass is 244 g/mol. The quantitative estimate of drug-likeness (QED) is 0.863. The molecule has 0 spiro atoms. The van der Waals surface area contributed by atoms with Gasteiger partial charge in [-0.05, 0) is 35.9 Å². The van der Waals surface area contributed by atoms with E-state index < -0.39 is 17.2 Å². The van der Waals surface area contributed by atoms with Crippen LogP contribution in [0.1, 0.15) is 18.9 Å². The van der Waals surface area contributed by atoms with E-state index in [4.69, 9.17) is 0 Å². The summed E-state index contributed by atoms with van der Waals surface area (Å²) in [4.78, 5) is 0. The summed E-state index contributed by atoms with van der Waals surface area (Å²) in [6, 6.07) is 3.37. The summed E-state index contributed by atoms with van der Waals surface area (Å²) in [6.45, 7) is 1.93. The van der Waals surface area contributed by atoms with Crippen LogP contribution in [0.15, 0.2) is 18.2 Å². The van der Waals surface area contributed by atoms with Crippen molar-refractivity contribution in [3.63, 3.8) is 0 Å². The lowest BCUT2D eigenvalue weighted by Gasteiger charge is -2.27. The Morgan fingerprint density at radius 2 is 2.25 bits per heavy atom. The predicted octanol–water partition coefficient (Wildman–Crippen LogP) is 2.76. The van der Waals surface area contributed by atoms with Crippen molar-refractivity contribution in [2.75, 3.05) is 5.75 Å². The van der Waals surface area contributed by atoms with Gasteiger partial charge in [-0.3, -0.25) is 0 Å². The Bertz CT molecular complexity index is 397. The van der Waals surface area contributed by atoms with Gasteiger partial charge in [-0.25, -0.2) is 8.78 Å². The molecule has 2 rings (SSSR count). The van der Waals surface area contributed by atoms with E-state index in [9.17, 15) is 13.9 Å². The minimum Gasteiger partial charge on any atom is -0.388 e.